The van der Waals surface area contributed by atoms with Crippen LogP contribution in [-0.2, 0) is 9.53 Å². The molecule has 0 saturated heterocycles. The molecule has 1 aromatic heterocycles. The third-order valence-electron chi connectivity index (χ3n) is 3.08. The van der Waals surface area contributed by atoms with Gasteiger partial charge in [0.1, 0.15) is 17.1 Å². The number of carbonyl (C=O) groups is 1. The van der Waals surface area contributed by atoms with E-state index in [2.05, 4.69) is 9.72 Å². The summed E-state index contributed by atoms with van der Waals surface area (Å²) in [6.07, 6.45) is 5.00. The van der Waals surface area contributed by atoms with Gasteiger partial charge in [-0.25, -0.2) is 9.37 Å². The minimum Gasteiger partial charge on any atom is -0.488 e. The van der Waals surface area contributed by atoms with E-state index < -0.39 is 0 Å². The highest BCUT2D eigenvalue weighted by molar-refractivity contribution is 5.84. The molecule has 1 saturated carbocycles. The van der Waals surface area contributed by atoms with E-state index >= 15 is 0 Å². The number of benzene rings is 1. The zero-order valence-corrected chi connectivity index (χ0v) is 11.2. The zero-order valence-electron chi connectivity index (χ0n) is 11.2. The first kappa shape index (κ1) is 14.2. The summed E-state index contributed by atoms with van der Waals surface area (Å²) in [7, 11) is 1.31. The highest BCUT2D eigenvalue weighted by atomic mass is 19.1. The lowest BCUT2D eigenvalue weighted by Crippen LogP contribution is -2.24. The molecule has 0 spiro atoms. The van der Waals surface area contributed by atoms with Gasteiger partial charge in [0.25, 0.3) is 6.47 Å². The van der Waals surface area contributed by atoms with Crippen molar-refractivity contribution in [2.45, 2.75) is 25.4 Å². The number of ether oxygens (including phenoxy) is 2. The van der Waals surface area contributed by atoms with Crippen molar-refractivity contribution >= 4 is 17.4 Å². The van der Waals surface area contributed by atoms with E-state index in [9.17, 15) is 4.39 Å². The highest BCUT2D eigenvalue weighted by Crippen LogP contribution is 2.29. The van der Waals surface area contributed by atoms with E-state index in [1.165, 1.54) is 25.8 Å². The molecule has 0 aliphatic heterocycles. The first-order valence-corrected chi connectivity index (χ1v) is 6.42. The third-order valence-corrected chi connectivity index (χ3v) is 3.08. The molecule has 0 N–H and O–H groups in total. The highest BCUT2D eigenvalue weighted by Gasteiger charge is 2.20. The Balaban J connectivity index is 0.000000328. The van der Waals surface area contributed by atoms with Crippen molar-refractivity contribution in [2.24, 2.45) is 0 Å². The summed E-state index contributed by atoms with van der Waals surface area (Å²) in [4.78, 5) is 13.0. The third kappa shape index (κ3) is 3.44. The Morgan fingerprint density at radius 1 is 1.40 bits per heavy atom. The number of hydrogen-bond acceptors (Lipinski definition) is 4. The summed E-state index contributed by atoms with van der Waals surface area (Å²) in [5.41, 5.74) is 0.746. The Bertz CT molecular complexity index is 584. The van der Waals surface area contributed by atoms with Crippen molar-refractivity contribution in [1.29, 1.82) is 0 Å². The Morgan fingerprint density at radius 3 is 2.75 bits per heavy atom. The first-order valence-electron chi connectivity index (χ1n) is 6.42. The van der Waals surface area contributed by atoms with Crippen molar-refractivity contribution in [3.05, 3.63) is 36.3 Å². The first-order chi connectivity index (χ1) is 9.74. The number of rotatable bonds is 3. The average molecular weight is 277 g/mol. The normalized spacial score (nSPS) is 13.9. The van der Waals surface area contributed by atoms with Gasteiger partial charge in [-0.3, -0.25) is 4.79 Å². The van der Waals surface area contributed by atoms with Crippen molar-refractivity contribution in [1.82, 2.24) is 4.98 Å². The van der Waals surface area contributed by atoms with Crippen LogP contribution in [0.5, 0.6) is 5.75 Å². The number of carbonyl (C=O) groups excluding carboxylic acids is 1. The molecule has 1 heterocycles. The van der Waals surface area contributed by atoms with Gasteiger partial charge in [-0.15, -0.1) is 0 Å². The fraction of sp³-hybridized carbons (Fsp3) is 0.333. The summed E-state index contributed by atoms with van der Waals surface area (Å²) in [6, 6.07) is 7.10. The lowest BCUT2D eigenvalue weighted by molar-refractivity contribution is -0.126. The Labute approximate surface area is 116 Å². The van der Waals surface area contributed by atoms with Crippen LogP contribution in [0.3, 0.4) is 0 Å². The molecule has 0 atom stereocenters. The summed E-state index contributed by atoms with van der Waals surface area (Å²) < 4.78 is 22.7. The van der Waals surface area contributed by atoms with E-state index in [4.69, 9.17) is 9.53 Å². The van der Waals surface area contributed by atoms with Gasteiger partial charge in [0.05, 0.1) is 19.4 Å². The topological polar surface area (TPSA) is 48.4 Å². The molecule has 4 nitrogen and oxygen atoms in total. The van der Waals surface area contributed by atoms with Gasteiger partial charge in [-0.05, 0) is 31.4 Å². The summed E-state index contributed by atoms with van der Waals surface area (Å²) in [5.74, 6) is 0.454. The molecule has 1 aromatic carbocycles. The number of para-hydroxylation sites is 1. The average Bonchev–Trinajstić information content (AvgIpc) is 2.42. The predicted octanol–water partition coefficient (Wildman–Crippen LogP) is 3.09. The van der Waals surface area contributed by atoms with Crippen LogP contribution in [0.2, 0.25) is 0 Å². The monoisotopic (exact) mass is 277 g/mol. The maximum absolute atomic E-state index is 13.0. The molecule has 20 heavy (non-hydrogen) atoms. The predicted molar refractivity (Wildman–Crippen MR) is 73.0 cm³/mol. The van der Waals surface area contributed by atoms with Crippen molar-refractivity contribution in [3.63, 3.8) is 0 Å². The number of methoxy groups -OCH3 is 1. The SMILES string of the molecule is COC=O.Fc1cnc2c(OC3CCC3)cccc2c1. The summed E-state index contributed by atoms with van der Waals surface area (Å²) >= 11 is 0. The Hall–Kier alpha value is -2.17. The smallest absolute Gasteiger partial charge is 0.292 e. The maximum Gasteiger partial charge on any atom is 0.292 e. The van der Waals surface area contributed by atoms with E-state index in [0.29, 0.717) is 12.6 Å². The molecule has 0 amide bonds. The van der Waals surface area contributed by atoms with E-state index in [-0.39, 0.29) is 5.82 Å². The fourth-order valence-corrected chi connectivity index (χ4v) is 1.87. The maximum atomic E-state index is 13.0. The Morgan fingerprint density at radius 2 is 2.15 bits per heavy atom. The van der Waals surface area contributed by atoms with Crippen molar-refractivity contribution in [2.75, 3.05) is 7.11 Å². The molecule has 0 bridgehead atoms. The second kappa shape index (κ2) is 6.84. The van der Waals surface area contributed by atoms with Gasteiger partial charge in [0, 0.05) is 5.39 Å². The van der Waals surface area contributed by atoms with Crippen LogP contribution in [0.1, 0.15) is 19.3 Å². The van der Waals surface area contributed by atoms with E-state index in [1.807, 2.05) is 18.2 Å². The van der Waals surface area contributed by atoms with Crippen LogP contribution in [0.4, 0.5) is 4.39 Å². The molecular formula is C15H16FNO3. The second-order valence-corrected chi connectivity index (χ2v) is 4.48. The number of pyridine rings is 1. The molecule has 3 rings (SSSR count). The van der Waals surface area contributed by atoms with Crippen LogP contribution in [0, 0.1) is 5.82 Å². The number of fused-ring (bicyclic) bond motifs is 1. The standard InChI is InChI=1S/C13H12FNO.C2H4O2/c14-10-7-9-3-1-6-12(13(9)15-8-10)16-11-4-2-5-11;1-4-2-3/h1,3,6-8,11H,2,4-5H2;2H,1H3. The molecule has 2 aromatic rings. The zero-order chi connectivity index (χ0) is 14.4. The van der Waals surface area contributed by atoms with Gasteiger partial charge in [0.15, 0.2) is 0 Å². The van der Waals surface area contributed by atoms with Crippen LogP contribution in [0.25, 0.3) is 10.9 Å². The van der Waals surface area contributed by atoms with Gasteiger partial charge in [0.2, 0.25) is 0 Å². The summed E-state index contributed by atoms with van der Waals surface area (Å²) in [6.45, 7) is 0.375. The fourth-order valence-electron chi connectivity index (χ4n) is 1.87. The molecule has 1 aliphatic rings. The van der Waals surface area contributed by atoms with Crippen LogP contribution in [-0.4, -0.2) is 24.7 Å². The van der Waals surface area contributed by atoms with Crippen LogP contribution in [0.15, 0.2) is 30.5 Å². The molecule has 0 radical (unpaired) electrons. The number of aromatic nitrogens is 1. The molecular weight excluding hydrogens is 261 g/mol. The number of halogens is 1. The van der Waals surface area contributed by atoms with Gasteiger partial charge >= 0.3 is 0 Å². The quantitative estimate of drug-likeness (QED) is 0.809. The Kier molecular flexibility index (Phi) is 4.87. The lowest BCUT2D eigenvalue weighted by Gasteiger charge is -2.26. The van der Waals surface area contributed by atoms with E-state index in [0.717, 1.165) is 29.5 Å². The van der Waals surface area contributed by atoms with Crippen molar-refractivity contribution < 1.29 is 18.7 Å². The number of hydrogen-bond donors (Lipinski definition) is 0. The summed E-state index contributed by atoms with van der Waals surface area (Å²) in [5, 5.41) is 0.789. The molecule has 1 aliphatic carbocycles. The van der Waals surface area contributed by atoms with Gasteiger partial charge < -0.3 is 9.47 Å². The number of nitrogens with zero attached hydrogens (tertiary/aromatic N) is 1. The van der Waals surface area contributed by atoms with Crippen LogP contribution < -0.4 is 4.74 Å². The largest absolute Gasteiger partial charge is 0.488 e. The molecule has 106 valence electrons. The van der Waals surface area contributed by atoms with Gasteiger partial charge in [-0.2, -0.15) is 0 Å². The molecule has 0 unspecified atom stereocenters. The van der Waals surface area contributed by atoms with Crippen molar-refractivity contribution in [3.8, 4) is 5.75 Å². The lowest BCUT2D eigenvalue weighted by atomic mass is 9.96. The molecule has 5 heteroatoms. The van der Waals surface area contributed by atoms with E-state index in [1.54, 1.807) is 0 Å². The minimum atomic E-state index is -0.312. The van der Waals surface area contributed by atoms with Crippen LogP contribution >= 0.6 is 0 Å². The molecule has 1 fully saturated rings. The second-order valence-electron chi connectivity index (χ2n) is 4.48. The minimum absolute atomic E-state index is 0.312. The van der Waals surface area contributed by atoms with Gasteiger partial charge in [-0.1, -0.05) is 12.1 Å².